The Morgan fingerprint density at radius 3 is 2.52 bits per heavy atom. The third-order valence-corrected chi connectivity index (χ3v) is 3.80. The van der Waals surface area contributed by atoms with Crippen molar-refractivity contribution in [1.29, 1.82) is 0 Å². The summed E-state index contributed by atoms with van der Waals surface area (Å²) >= 11 is 0. The fourth-order valence-corrected chi connectivity index (χ4v) is 2.44. The summed E-state index contributed by atoms with van der Waals surface area (Å²) in [7, 11) is 1.51. The second-order valence-corrected chi connectivity index (χ2v) is 5.59. The highest BCUT2D eigenvalue weighted by Gasteiger charge is 2.10. The summed E-state index contributed by atoms with van der Waals surface area (Å²) in [6.07, 6.45) is 0.717. The van der Waals surface area contributed by atoms with Crippen LogP contribution in [0.1, 0.15) is 15.9 Å². The van der Waals surface area contributed by atoms with Gasteiger partial charge in [0.15, 0.2) is 6.61 Å². The number of carbonyl (C=O) groups is 2. The van der Waals surface area contributed by atoms with Crippen LogP contribution >= 0.6 is 0 Å². The zero-order valence-electron chi connectivity index (χ0n) is 14.5. The first-order chi connectivity index (χ1) is 13.1. The van der Waals surface area contributed by atoms with Gasteiger partial charge in [-0.1, -0.05) is 0 Å². The van der Waals surface area contributed by atoms with E-state index in [1.807, 2.05) is 0 Å². The fraction of sp³-hybridized carbons (Fsp3) is 0.150. The fourth-order valence-electron chi connectivity index (χ4n) is 2.44. The Balaban J connectivity index is 1.64. The average molecular weight is 368 g/mol. The summed E-state index contributed by atoms with van der Waals surface area (Å²) in [4.78, 5) is 34.2. The van der Waals surface area contributed by atoms with Crippen LogP contribution in [0.2, 0.25) is 0 Å². The van der Waals surface area contributed by atoms with Crippen LogP contribution in [0.5, 0.6) is 11.5 Å². The van der Waals surface area contributed by atoms with E-state index < -0.39 is 11.6 Å². The van der Waals surface area contributed by atoms with Gasteiger partial charge in [0.2, 0.25) is 0 Å². The highest BCUT2D eigenvalue weighted by Crippen LogP contribution is 2.23. The lowest BCUT2D eigenvalue weighted by Crippen LogP contribution is -2.15. The van der Waals surface area contributed by atoms with Crippen LogP contribution < -0.4 is 15.1 Å². The number of benzene rings is 2. The number of methoxy groups -OCH3 is 1. The summed E-state index contributed by atoms with van der Waals surface area (Å²) in [5, 5.41) is 0.647. The van der Waals surface area contributed by atoms with Crippen LogP contribution in [0.4, 0.5) is 0 Å². The zero-order chi connectivity index (χ0) is 19.2. The van der Waals surface area contributed by atoms with E-state index in [0.717, 1.165) is 0 Å². The molecule has 2 aromatic carbocycles. The smallest absolute Gasteiger partial charge is 0.344 e. The molecule has 0 aliphatic rings. The van der Waals surface area contributed by atoms with Crippen molar-refractivity contribution in [2.75, 3.05) is 13.7 Å². The lowest BCUT2D eigenvalue weighted by molar-refractivity contribution is -0.147. The minimum absolute atomic E-state index is 0.0965. The van der Waals surface area contributed by atoms with Crippen LogP contribution in [0.3, 0.4) is 0 Å². The minimum atomic E-state index is -0.593. The molecule has 0 radical (unpaired) electrons. The molecule has 0 amide bonds. The molecular formula is C20H16O7. The van der Waals surface area contributed by atoms with Crippen molar-refractivity contribution in [1.82, 2.24) is 0 Å². The summed E-state index contributed by atoms with van der Waals surface area (Å²) in [5.41, 5.74) is 0.830. The maximum atomic E-state index is 11.9. The van der Waals surface area contributed by atoms with Gasteiger partial charge in [-0.15, -0.1) is 0 Å². The van der Waals surface area contributed by atoms with Crippen LogP contribution in [0, 0.1) is 0 Å². The van der Waals surface area contributed by atoms with Gasteiger partial charge in [0, 0.05) is 28.6 Å². The highest BCUT2D eigenvalue weighted by atomic mass is 16.6. The third kappa shape index (κ3) is 4.52. The van der Waals surface area contributed by atoms with E-state index in [2.05, 4.69) is 0 Å². The van der Waals surface area contributed by atoms with E-state index in [1.54, 1.807) is 42.5 Å². The van der Waals surface area contributed by atoms with Gasteiger partial charge in [-0.2, -0.15) is 0 Å². The lowest BCUT2D eigenvalue weighted by atomic mass is 10.1. The first-order valence-corrected chi connectivity index (χ1v) is 8.03. The van der Waals surface area contributed by atoms with E-state index in [1.165, 1.54) is 13.2 Å². The lowest BCUT2D eigenvalue weighted by Gasteiger charge is -2.09. The molecule has 7 heteroatoms. The van der Waals surface area contributed by atoms with Gasteiger partial charge in [-0.05, 0) is 36.4 Å². The number of esters is 1. The second-order valence-electron chi connectivity index (χ2n) is 5.59. The molecule has 0 atom stereocenters. The average Bonchev–Trinajstić information content (AvgIpc) is 2.70. The molecule has 0 unspecified atom stereocenters. The van der Waals surface area contributed by atoms with Crippen LogP contribution in [0.15, 0.2) is 57.7 Å². The number of carbonyl (C=O) groups excluding carboxylic acids is 2. The second kappa shape index (κ2) is 8.18. The van der Waals surface area contributed by atoms with Crippen LogP contribution in [-0.4, -0.2) is 26.0 Å². The van der Waals surface area contributed by atoms with Crippen molar-refractivity contribution in [2.24, 2.45) is 0 Å². The van der Waals surface area contributed by atoms with Crippen molar-refractivity contribution < 1.29 is 28.2 Å². The molecule has 27 heavy (non-hydrogen) atoms. The minimum Gasteiger partial charge on any atom is -0.497 e. The monoisotopic (exact) mass is 368 g/mol. The molecule has 0 N–H and O–H groups in total. The maximum Gasteiger partial charge on any atom is 0.344 e. The van der Waals surface area contributed by atoms with Crippen molar-refractivity contribution >= 4 is 23.2 Å². The Kier molecular flexibility index (Phi) is 5.51. The molecule has 0 fully saturated rings. The molecule has 7 nitrogen and oxygen atoms in total. The third-order valence-electron chi connectivity index (χ3n) is 3.80. The Labute approximate surface area is 154 Å². The molecule has 0 bridgehead atoms. The topological polar surface area (TPSA) is 92.0 Å². The Morgan fingerprint density at radius 2 is 1.81 bits per heavy atom. The standard InChI is InChI=1S/C20H16O7/c1-24-16-6-7-17-14(8-19(22)27-18(17)9-16)11-26-20(23)12-25-15-4-2-13(10-21)3-5-15/h2-10H,11-12H2,1H3. The van der Waals surface area contributed by atoms with E-state index in [0.29, 0.717) is 39.9 Å². The normalized spacial score (nSPS) is 10.4. The predicted octanol–water partition coefficient (Wildman–Crippen LogP) is 2.74. The van der Waals surface area contributed by atoms with Crippen molar-refractivity contribution in [3.63, 3.8) is 0 Å². The van der Waals surface area contributed by atoms with Gasteiger partial charge in [0.25, 0.3) is 0 Å². The van der Waals surface area contributed by atoms with Gasteiger partial charge < -0.3 is 18.6 Å². The van der Waals surface area contributed by atoms with Crippen molar-refractivity contribution in [2.45, 2.75) is 6.61 Å². The van der Waals surface area contributed by atoms with Crippen molar-refractivity contribution in [3.05, 3.63) is 70.1 Å². The predicted molar refractivity (Wildman–Crippen MR) is 96.2 cm³/mol. The highest BCUT2D eigenvalue weighted by molar-refractivity contribution is 5.82. The van der Waals surface area contributed by atoms with Gasteiger partial charge in [0.05, 0.1) is 7.11 Å². The van der Waals surface area contributed by atoms with Gasteiger partial charge in [0.1, 0.15) is 30.0 Å². The zero-order valence-corrected chi connectivity index (χ0v) is 14.5. The number of aldehydes is 1. The molecule has 0 saturated carbocycles. The summed E-state index contributed by atoms with van der Waals surface area (Å²) < 4.78 is 20.7. The first-order valence-electron chi connectivity index (χ1n) is 8.03. The quantitative estimate of drug-likeness (QED) is 0.360. The number of rotatable bonds is 7. The first kappa shape index (κ1) is 18.2. The molecule has 138 valence electrons. The van der Waals surface area contributed by atoms with Gasteiger partial charge >= 0.3 is 11.6 Å². The maximum absolute atomic E-state index is 11.9. The van der Waals surface area contributed by atoms with Crippen molar-refractivity contribution in [3.8, 4) is 11.5 Å². The molecule has 3 rings (SSSR count). The summed E-state index contributed by atoms with van der Waals surface area (Å²) in [5.74, 6) is 0.397. The Morgan fingerprint density at radius 1 is 1.07 bits per heavy atom. The van der Waals surface area contributed by atoms with Gasteiger partial charge in [-0.25, -0.2) is 9.59 Å². The molecule has 0 aliphatic heterocycles. The number of hydrogen-bond donors (Lipinski definition) is 0. The number of hydrogen-bond acceptors (Lipinski definition) is 7. The van der Waals surface area contributed by atoms with Crippen LogP contribution in [0.25, 0.3) is 11.0 Å². The molecule has 3 aromatic rings. The molecule has 0 aliphatic carbocycles. The molecule has 0 saturated heterocycles. The number of ether oxygens (including phenoxy) is 3. The molecule has 0 spiro atoms. The number of fused-ring (bicyclic) bond motifs is 1. The van der Waals surface area contributed by atoms with E-state index >= 15 is 0 Å². The molecular weight excluding hydrogens is 352 g/mol. The summed E-state index contributed by atoms with van der Waals surface area (Å²) in [6.45, 7) is -0.395. The SMILES string of the molecule is COc1ccc2c(COC(=O)COc3ccc(C=O)cc3)cc(=O)oc2c1. The van der Waals surface area contributed by atoms with E-state index in [4.69, 9.17) is 18.6 Å². The largest absolute Gasteiger partial charge is 0.497 e. The van der Waals surface area contributed by atoms with E-state index in [9.17, 15) is 14.4 Å². The van der Waals surface area contributed by atoms with Crippen LogP contribution in [-0.2, 0) is 16.1 Å². The Bertz CT molecular complexity index is 1020. The Hall–Kier alpha value is -3.61. The van der Waals surface area contributed by atoms with Gasteiger partial charge in [-0.3, -0.25) is 4.79 Å². The summed E-state index contributed by atoms with van der Waals surface area (Å²) in [6, 6.07) is 12.6. The molecule has 1 aromatic heterocycles. The molecule has 1 heterocycles. The van der Waals surface area contributed by atoms with E-state index in [-0.39, 0.29) is 13.2 Å².